The van der Waals surface area contributed by atoms with Crippen molar-refractivity contribution in [3.63, 3.8) is 0 Å². The lowest BCUT2D eigenvalue weighted by Crippen LogP contribution is -2.44. The van der Waals surface area contributed by atoms with Gasteiger partial charge in [-0.25, -0.2) is 4.79 Å². The first-order chi connectivity index (χ1) is 5.74. The van der Waals surface area contributed by atoms with Gasteiger partial charge in [-0.05, 0) is 12.8 Å². The molecule has 12 heavy (non-hydrogen) atoms. The standard InChI is InChI=1S/C7H13NO4/c9-4-5(8-7(10)11)6-2-1-3-12-6/h5-6,8-9H,1-4H2,(H,10,11)/t5-,6?/m1/s1. The summed E-state index contributed by atoms with van der Waals surface area (Å²) in [6.07, 6.45) is 0.462. The Kier molecular flexibility index (Phi) is 3.31. The Morgan fingerprint density at radius 2 is 2.50 bits per heavy atom. The second-order valence-corrected chi connectivity index (χ2v) is 2.79. The largest absolute Gasteiger partial charge is 0.465 e. The fourth-order valence-corrected chi connectivity index (χ4v) is 1.33. The van der Waals surface area contributed by atoms with Gasteiger partial charge < -0.3 is 20.3 Å². The van der Waals surface area contributed by atoms with Gasteiger partial charge in [0.1, 0.15) is 0 Å². The second kappa shape index (κ2) is 4.27. The normalized spacial score (nSPS) is 25.2. The molecule has 0 bridgehead atoms. The smallest absolute Gasteiger partial charge is 0.405 e. The summed E-state index contributed by atoms with van der Waals surface area (Å²) in [6.45, 7) is 0.444. The highest BCUT2D eigenvalue weighted by molar-refractivity contribution is 5.64. The summed E-state index contributed by atoms with van der Waals surface area (Å²) in [5.41, 5.74) is 0. The van der Waals surface area contributed by atoms with E-state index >= 15 is 0 Å². The summed E-state index contributed by atoms with van der Waals surface area (Å²) in [7, 11) is 0. The number of carboxylic acid groups (broad SMARTS) is 1. The fourth-order valence-electron chi connectivity index (χ4n) is 1.33. The quantitative estimate of drug-likeness (QED) is 0.554. The van der Waals surface area contributed by atoms with E-state index in [0.717, 1.165) is 12.8 Å². The minimum Gasteiger partial charge on any atom is -0.465 e. The molecule has 1 heterocycles. The predicted octanol–water partition coefficient (Wildman–Crippen LogP) is -0.206. The number of rotatable bonds is 3. The van der Waals surface area contributed by atoms with Crippen LogP contribution in [-0.2, 0) is 4.74 Å². The summed E-state index contributed by atoms with van der Waals surface area (Å²) in [5.74, 6) is 0. The van der Waals surface area contributed by atoms with Gasteiger partial charge in [0.2, 0.25) is 0 Å². The van der Waals surface area contributed by atoms with Crippen molar-refractivity contribution in [3.8, 4) is 0 Å². The zero-order valence-corrected chi connectivity index (χ0v) is 6.69. The van der Waals surface area contributed by atoms with Crippen LogP contribution in [0.4, 0.5) is 4.79 Å². The monoisotopic (exact) mass is 175 g/mol. The van der Waals surface area contributed by atoms with Crippen LogP contribution >= 0.6 is 0 Å². The summed E-state index contributed by atoms with van der Waals surface area (Å²) in [5, 5.41) is 19.4. The van der Waals surface area contributed by atoms with E-state index in [4.69, 9.17) is 14.9 Å². The molecule has 3 N–H and O–H groups in total. The molecule has 0 aromatic carbocycles. The van der Waals surface area contributed by atoms with Crippen LogP contribution in [0.25, 0.3) is 0 Å². The summed E-state index contributed by atoms with van der Waals surface area (Å²) in [4.78, 5) is 10.2. The Morgan fingerprint density at radius 3 is 2.92 bits per heavy atom. The number of nitrogens with one attached hydrogen (secondary N) is 1. The van der Waals surface area contributed by atoms with Crippen molar-refractivity contribution in [1.29, 1.82) is 0 Å². The van der Waals surface area contributed by atoms with E-state index in [-0.39, 0.29) is 12.7 Å². The molecule has 0 aromatic rings. The first kappa shape index (κ1) is 9.28. The Labute approximate surface area is 70.3 Å². The van der Waals surface area contributed by atoms with E-state index in [1.54, 1.807) is 0 Å². The van der Waals surface area contributed by atoms with Crippen LogP contribution in [0, 0.1) is 0 Å². The lowest BCUT2D eigenvalue weighted by molar-refractivity contribution is 0.0552. The molecular formula is C7H13NO4. The van der Waals surface area contributed by atoms with Crippen molar-refractivity contribution in [2.75, 3.05) is 13.2 Å². The number of hydrogen-bond donors (Lipinski definition) is 3. The predicted molar refractivity (Wildman–Crippen MR) is 41.0 cm³/mol. The molecule has 1 saturated heterocycles. The van der Waals surface area contributed by atoms with Gasteiger partial charge in [0.15, 0.2) is 0 Å². The minimum atomic E-state index is -1.12. The maximum atomic E-state index is 10.2. The van der Waals surface area contributed by atoms with Crippen molar-refractivity contribution < 1.29 is 19.7 Å². The van der Waals surface area contributed by atoms with Crippen molar-refractivity contribution in [2.45, 2.75) is 25.0 Å². The third-order valence-electron chi connectivity index (χ3n) is 1.92. The molecule has 0 spiro atoms. The van der Waals surface area contributed by atoms with Gasteiger partial charge in [-0.15, -0.1) is 0 Å². The number of amides is 1. The molecule has 2 atom stereocenters. The average Bonchev–Trinajstić information content (AvgIpc) is 2.51. The molecule has 0 aromatic heterocycles. The van der Waals surface area contributed by atoms with E-state index in [9.17, 15) is 4.79 Å². The number of hydrogen-bond acceptors (Lipinski definition) is 3. The lowest BCUT2D eigenvalue weighted by atomic mass is 10.1. The molecule has 1 rings (SSSR count). The Hall–Kier alpha value is -0.810. The van der Waals surface area contributed by atoms with Crippen molar-refractivity contribution >= 4 is 6.09 Å². The highest BCUT2D eigenvalue weighted by Gasteiger charge is 2.26. The first-order valence-corrected chi connectivity index (χ1v) is 3.96. The van der Waals surface area contributed by atoms with Gasteiger partial charge in [0.25, 0.3) is 0 Å². The molecule has 70 valence electrons. The molecule has 0 aliphatic carbocycles. The molecule has 0 saturated carbocycles. The fraction of sp³-hybridized carbons (Fsp3) is 0.857. The minimum absolute atomic E-state index is 0.161. The van der Waals surface area contributed by atoms with Crippen LogP contribution in [0.2, 0.25) is 0 Å². The maximum Gasteiger partial charge on any atom is 0.405 e. The van der Waals surface area contributed by atoms with Crippen LogP contribution in [0.5, 0.6) is 0 Å². The van der Waals surface area contributed by atoms with E-state index in [2.05, 4.69) is 5.32 Å². The van der Waals surface area contributed by atoms with Crippen LogP contribution in [0.1, 0.15) is 12.8 Å². The summed E-state index contributed by atoms with van der Waals surface area (Å²) in [6, 6.07) is -0.481. The summed E-state index contributed by atoms with van der Waals surface area (Å²) < 4.78 is 5.22. The molecule has 5 nitrogen and oxygen atoms in total. The van der Waals surface area contributed by atoms with Gasteiger partial charge in [-0.2, -0.15) is 0 Å². The number of aliphatic hydroxyl groups excluding tert-OH is 1. The van der Waals surface area contributed by atoms with E-state index in [1.807, 2.05) is 0 Å². The van der Waals surface area contributed by atoms with Crippen LogP contribution in [0.15, 0.2) is 0 Å². The molecule has 5 heteroatoms. The van der Waals surface area contributed by atoms with Gasteiger partial charge in [0, 0.05) is 6.61 Å². The van der Waals surface area contributed by atoms with Crippen molar-refractivity contribution in [3.05, 3.63) is 0 Å². The number of carbonyl (C=O) groups is 1. The summed E-state index contributed by atoms with van der Waals surface area (Å²) >= 11 is 0. The topological polar surface area (TPSA) is 78.8 Å². The third-order valence-corrected chi connectivity index (χ3v) is 1.92. The first-order valence-electron chi connectivity index (χ1n) is 3.96. The number of ether oxygens (including phenoxy) is 1. The molecule has 1 aliphatic heterocycles. The second-order valence-electron chi connectivity index (χ2n) is 2.79. The van der Waals surface area contributed by atoms with Crippen LogP contribution < -0.4 is 5.32 Å². The van der Waals surface area contributed by atoms with Gasteiger partial charge in [-0.3, -0.25) is 0 Å². The molecule has 0 radical (unpaired) electrons. The van der Waals surface area contributed by atoms with Gasteiger partial charge in [-0.1, -0.05) is 0 Å². The Balaban J connectivity index is 2.37. The molecule has 1 aliphatic rings. The molecule has 1 unspecified atom stereocenters. The number of aliphatic hydroxyl groups is 1. The van der Waals surface area contributed by atoms with Gasteiger partial charge >= 0.3 is 6.09 Å². The third kappa shape index (κ3) is 2.35. The van der Waals surface area contributed by atoms with E-state index in [1.165, 1.54) is 0 Å². The van der Waals surface area contributed by atoms with E-state index < -0.39 is 12.1 Å². The Morgan fingerprint density at radius 1 is 1.75 bits per heavy atom. The molecule has 1 amide bonds. The van der Waals surface area contributed by atoms with Crippen molar-refractivity contribution in [2.24, 2.45) is 0 Å². The lowest BCUT2D eigenvalue weighted by Gasteiger charge is -2.20. The Bertz CT molecular complexity index is 155. The SMILES string of the molecule is O=C(O)N[C@H](CO)C1CCCO1. The van der Waals surface area contributed by atoms with Crippen LogP contribution in [0.3, 0.4) is 0 Å². The highest BCUT2D eigenvalue weighted by atomic mass is 16.5. The van der Waals surface area contributed by atoms with E-state index in [0.29, 0.717) is 6.61 Å². The highest BCUT2D eigenvalue weighted by Crippen LogP contribution is 2.15. The zero-order chi connectivity index (χ0) is 8.97. The maximum absolute atomic E-state index is 10.2. The molecule has 1 fully saturated rings. The van der Waals surface area contributed by atoms with Gasteiger partial charge in [0.05, 0.1) is 18.8 Å². The van der Waals surface area contributed by atoms with Crippen LogP contribution in [-0.4, -0.2) is 41.7 Å². The average molecular weight is 175 g/mol. The zero-order valence-electron chi connectivity index (χ0n) is 6.69. The molecular weight excluding hydrogens is 162 g/mol. The van der Waals surface area contributed by atoms with Crippen molar-refractivity contribution in [1.82, 2.24) is 5.32 Å².